The maximum absolute atomic E-state index is 2.34. The highest BCUT2D eigenvalue weighted by Crippen LogP contribution is 2.37. The van der Waals surface area contributed by atoms with Gasteiger partial charge in [0.1, 0.15) is 0 Å². The monoisotopic (exact) mass is 274 g/mol. The lowest BCUT2D eigenvalue weighted by Crippen LogP contribution is -1.90. The molecular formula is C18H27P. The molecule has 0 aliphatic heterocycles. The average Bonchev–Trinajstić information content (AvgIpc) is 2.78. The maximum atomic E-state index is 2.34. The van der Waals surface area contributed by atoms with E-state index in [-0.39, 0.29) is 0 Å². The molecule has 1 aromatic carbocycles. The van der Waals surface area contributed by atoms with Gasteiger partial charge in [-0.25, -0.2) is 0 Å². The predicted octanol–water partition coefficient (Wildman–Crippen LogP) is 6.34. The number of hydrogen-bond acceptors (Lipinski definition) is 0. The molecule has 2 rings (SSSR count). The van der Waals surface area contributed by atoms with Gasteiger partial charge >= 0.3 is 0 Å². The first-order chi connectivity index (χ1) is 9.36. The van der Waals surface area contributed by atoms with Gasteiger partial charge in [0, 0.05) is 0 Å². The van der Waals surface area contributed by atoms with E-state index in [1.54, 1.807) is 21.4 Å². The van der Waals surface area contributed by atoms with Crippen LogP contribution in [0, 0.1) is 0 Å². The lowest BCUT2D eigenvalue weighted by atomic mass is 10.0. The Labute approximate surface area is 119 Å². The van der Waals surface area contributed by atoms with Crippen LogP contribution in [0.3, 0.4) is 0 Å². The number of unbranched alkanes of at least 4 members (excludes halogenated alkanes) is 4. The third kappa shape index (κ3) is 3.86. The van der Waals surface area contributed by atoms with E-state index in [2.05, 4.69) is 38.1 Å². The molecule has 2 aromatic rings. The van der Waals surface area contributed by atoms with Gasteiger partial charge in [0.15, 0.2) is 0 Å². The lowest BCUT2D eigenvalue weighted by molar-refractivity contribution is 0.701. The molecule has 0 saturated heterocycles. The molecule has 1 aromatic heterocycles. The summed E-state index contributed by atoms with van der Waals surface area (Å²) in [7, 11) is 0.954. The van der Waals surface area contributed by atoms with E-state index in [0.717, 1.165) is 8.19 Å². The first-order valence-electron chi connectivity index (χ1n) is 7.95. The Hall–Kier alpha value is -0.740. The van der Waals surface area contributed by atoms with Crippen molar-refractivity contribution in [3.05, 3.63) is 35.1 Å². The van der Waals surface area contributed by atoms with Crippen molar-refractivity contribution in [3.8, 4) is 0 Å². The largest absolute Gasteiger partial charge is 0.128 e. The molecule has 0 N–H and O–H groups in total. The van der Waals surface area contributed by atoms with Crippen molar-refractivity contribution in [2.24, 2.45) is 0 Å². The van der Waals surface area contributed by atoms with Crippen molar-refractivity contribution >= 4 is 18.7 Å². The molecule has 1 atom stereocenters. The molecule has 1 unspecified atom stereocenters. The zero-order chi connectivity index (χ0) is 13.5. The van der Waals surface area contributed by atoms with Crippen LogP contribution in [0.1, 0.15) is 63.2 Å². The predicted molar refractivity (Wildman–Crippen MR) is 89.9 cm³/mol. The van der Waals surface area contributed by atoms with Crippen LogP contribution in [0.5, 0.6) is 0 Å². The van der Waals surface area contributed by atoms with Crippen molar-refractivity contribution < 1.29 is 0 Å². The highest BCUT2D eigenvalue weighted by Gasteiger charge is 2.09. The van der Waals surface area contributed by atoms with Crippen molar-refractivity contribution in [2.75, 3.05) is 0 Å². The highest BCUT2D eigenvalue weighted by atomic mass is 31.0. The number of aryl methyl sites for hydroxylation is 2. The van der Waals surface area contributed by atoms with Gasteiger partial charge in [0.25, 0.3) is 0 Å². The number of benzene rings is 1. The fourth-order valence-electron chi connectivity index (χ4n) is 2.86. The zero-order valence-electron chi connectivity index (χ0n) is 12.5. The van der Waals surface area contributed by atoms with E-state index in [1.165, 1.54) is 51.4 Å². The molecule has 0 fully saturated rings. The molecular weight excluding hydrogens is 247 g/mol. The Morgan fingerprint density at radius 2 is 1.53 bits per heavy atom. The number of rotatable bonds is 8. The van der Waals surface area contributed by atoms with Crippen molar-refractivity contribution in [3.63, 3.8) is 0 Å². The second-order valence-corrected chi connectivity index (χ2v) is 6.93. The number of hydrogen-bond donors (Lipinski definition) is 0. The van der Waals surface area contributed by atoms with Gasteiger partial charge in [-0.2, -0.15) is 0 Å². The number of fused-ring (bicyclic) bond motifs is 1. The Bertz CT molecular complexity index is 495. The van der Waals surface area contributed by atoms with Crippen LogP contribution in [0.25, 0.3) is 10.5 Å². The molecule has 1 heteroatoms. The summed E-state index contributed by atoms with van der Waals surface area (Å²) in [6, 6.07) is 9.08. The summed E-state index contributed by atoms with van der Waals surface area (Å²) >= 11 is 0. The van der Waals surface area contributed by atoms with Crippen molar-refractivity contribution in [2.45, 2.75) is 65.2 Å². The Balaban J connectivity index is 2.18. The SMILES string of the molecule is CCCCCc1[pH]c2ccccc2c1CCCCC. The van der Waals surface area contributed by atoms with Crippen LogP contribution in [0.2, 0.25) is 0 Å². The van der Waals surface area contributed by atoms with E-state index in [4.69, 9.17) is 0 Å². The maximum Gasteiger partial charge on any atom is -0.00127 e. The fourth-order valence-corrected chi connectivity index (χ4v) is 4.44. The van der Waals surface area contributed by atoms with Crippen LogP contribution in [0.15, 0.2) is 24.3 Å². The van der Waals surface area contributed by atoms with Gasteiger partial charge in [0.05, 0.1) is 0 Å². The van der Waals surface area contributed by atoms with Gasteiger partial charge in [-0.3, -0.25) is 0 Å². The second kappa shape index (κ2) is 7.75. The van der Waals surface area contributed by atoms with Crippen molar-refractivity contribution in [1.29, 1.82) is 0 Å². The summed E-state index contributed by atoms with van der Waals surface area (Å²) in [5, 5.41) is 4.94. The Morgan fingerprint density at radius 1 is 0.842 bits per heavy atom. The minimum atomic E-state index is 0.954. The first kappa shape index (κ1) is 14.7. The fraction of sp³-hybridized carbons (Fsp3) is 0.556. The molecule has 0 bridgehead atoms. The normalized spacial score (nSPS) is 11.7. The molecule has 0 amide bonds. The molecule has 1 heterocycles. The molecule has 104 valence electrons. The van der Waals surface area contributed by atoms with Crippen LogP contribution in [0.4, 0.5) is 0 Å². The summed E-state index contributed by atoms with van der Waals surface area (Å²) < 4.78 is 0. The van der Waals surface area contributed by atoms with E-state index in [9.17, 15) is 0 Å². The molecule has 0 radical (unpaired) electrons. The van der Waals surface area contributed by atoms with Crippen LogP contribution < -0.4 is 0 Å². The quantitative estimate of drug-likeness (QED) is 0.493. The van der Waals surface area contributed by atoms with E-state index in [1.807, 2.05) is 0 Å². The summed E-state index contributed by atoms with van der Waals surface area (Å²) in [6.07, 6.45) is 10.8. The van der Waals surface area contributed by atoms with Crippen LogP contribution in [-0.4, -0.2) is 0 Å². The van der Waals surface area contributed by atoms with E-state index in [0.29, 0.717) is 0 Å². The summed E-state index contributed by atoms with van der Waals surface area (Å²) in [4.78, 5) is 0. The van der Waals surface area contributed by atoms with Gasteiger partial charge in [-0.05, 0) is 47.0 Å². The third-order valence-corrected chi connectivity index (χ3v) is 5.52. The van der Waals surface area contributed by atoms with Gasteiger partial charge in [-0.1, -0.05) is 63.8 Å². The van der Waals surface area contributed by atoms with E-state index < -0.39 is 0 Å². The Kier molecular flexibility index (Phi) is 5.98. The summed E-state index contributed by atoms with van der Waals surface area (Å²) in [5.74, 6) is 0. The summed E-state index contributed by atoms with van der Waals surface area (Å²) in [6.45, 7) is 4.59. The topological polar surface area (TPSA) is 0 Å². The van der Waals surface area contributed by atoms with E-state index >= 15 is 0 Å². The standard InChI is InChI=1S/C18H27P/c1-3-5-7-11-15-16-12-9-10-14-18(16)19-17(15)13-8-6-4-2/h9-10,12,14,19H,3-8,11,13H2,1-2H3. The molecule has 0 spiro atoms. The van der Waals surface area contributed by atoms with Crippen LogP contribution in [-0.2, 0) is 12.8 Å². The van der Waals surface area contributed by atoms with Crippen molar-refractivity contribution in [1.82, 2.24) is 0 Å². The lowest BCUT2D eigenvalue weighted by Gasteiger charge is -2.05. The second-order valence-electron chi connectivity index (χ2n) is 5.54. The first-order valence-corrected chi connectivity index (χ1v) is 8.95. The molecule has 0 saturated carbocycles. The minimum Gasteiger partial charge on any atom is -0.128 e. The molecule has 0 aliphatic rings. The van der Waals surface area contributed by atoms with Crippen LogP contribution >= 0.6 is 8.19 Å². The molecule has 0 aliphatic carbocycles. The third-order valence-electron chi connectivity index (χ3n) is 3.96. The average molecular weight is 274 g/mol. The molecule has 0 nitrogen and oxygen atoms in total. The van der Waals surface area contributed by atoms with Gasteiger partial charge < -0.3 is 0 Å². The Morgan fingerprint density at radius 3 is 2.26 bits per heavy atom. The smallest absolute Gasteiger partial charge is 0.00127 e. The van der Waals surface area contributed by atoms with Gasteiger partial charge in [-0.15, -0.1) is 8.19 Å². The molecule has 19 heavy (non-hydrogen) atoms. The zero-order valence-corrected chi connectivity index (χ0v) is 13.5. The summed E-state index contributed by atoms with van der Waals surface area (Å²) in [5.41, 5.74) is 1.71. The highest BCUT2D eigenvalue weighted by molar-refractivity contribution is 7.38. The van der Waals surface area contributed by atoms with Gasteiger partial charge in [0.2, 0.25) is 0 Å². The minimum absolute atomic E-state index is 0.954.